The van der Waals surface area contributed by atoms with Crippen LogP contribution in [-0.4, -0.2) is 18.2 Å². The molecule has 3 heteroatoms. The first kappa shape index (κ1) is 15.2. The van der Waals surface area contributed by atoms with Crippen LogP contribution >= 0.6 is 0 Å². The summed E-state index contributed by atoms with van der Waals surface area (Å²) in [5, 5.41) is 10.3. The second-order valence-electron chi connectivity index (χ2n) is 5.84. The van der Waals surface area contributed by atoms with E-state index in [-0.39, 0.29) is 6.04 Å². The van der Waals surface area contributed by atoms with Gasteiger partial charge < -0.3 is 15.7 Å². The second-order valence-corrected chi connectivity index (χ2v) is 5.84. The molecule has 0 aromatic heterocycles. The first-order valence-corrected chi connectivity index (χ1v) is 8.00. The van der Waals surface area contributed by atoms with Crippen molar-refractivity contribution in [3.63, 3.8) is 0 Å². The second kappa shape index (κ2) is 6.98. The highest BCUT2D eigenvalue weighted by Gasteiger charge is 2.24. The summed E-state index contributed by atoms with van der Waals surface area (Å²) >= 11 is 0. The predicted molar refractivity (Wildman–Crippen MR) is 85.2 cm³/mol. The van der Waals surface area contributed by atoms with Crippen molar-refractivity contribution in [3.05, 3.63) is 23.8 Å². The van der Waals surface area contributed by atoms with Crippen LogP contribution in [0.2, 0.25) is 0 Å². The predicted octanol–water partition coefficient (Wildman–Crippen LogP) is 3.82. The van der Waals surface area contributed by atoms with Crippen molar-refractivity contribution in [2.24, 2.45) is 11.7 Å². The summed E-state index contributed by atoms with van der Waals surface area (Å²) in [6.45, 7) is 6.15. The van der Waals surface area contributed by atoms with Crippen molar-refractivity contribution in [2.75, 3.05) is 18.0 Å². The van der Waals surface area contributed by atoms with E-state index in [9.17, 15) is 5.11 Å². The minimum Gasteiger partial charge on any atom is -0.508 e. The van der Waals surface area contributed by atoms with E-state index >= 15 is 0 Å². The van der Waals surface area contributed by atoms with Crippen LogP contribution < -0.4 is 10.6 Å². The zero-order valence-electron chi connectivity index (χ0n) is 12.8. The zero-order valence-corrected chi connectivity index (χ0v) is 12.8. The average Bonchev–Trinajstić information content (AvgIpc) is 2.49. The van der Waals surface area contributed by atoms with Crippen molar-refractivity contribution >= 4 is 5.69 Å². The van der Waals surface area contributed by atoms with Crippen molar-refractivity contribution in [3.8, 4) is 5.75 Å². The monoisotopic (exact) mass is 276 g/mol. The van der Waals surface area contributed by atoms with Gasteiger partial charge in [0.1, 0.15) is 5.75 Å². The van der Waals surface area contributed by atoms with Crippen LogP contribution in [0.4, 0.5) is 5.69 Å². The molecule has 0 amide bonds. The fourth-order valence-electron chi connectivity index (χ4n) is 3.35. The fraction of sp³-hybridized carbons (Fsp3) is 0.647. The van der Waals surface area contributed by atoms with Gasteiger partial charge in [-0.05, 0) is 38.7 Å². The Labute approximate surface area is 122 Å². The molecule has 1 saturated carbocycles. The first-order chi connectivity index (χ1) is 9.67. The number of benzene rings is 1. The highest BCUT2D eigenvalue weighted by atomic mass is 16.3. The summed E-state index contributed by atoms with van der Waals surface area (Å²) < 4.78 is 0. The maximum atomic E-state index is 10.3. The molecule has 0 heterocycles. The maximum absolute atomic E-state index is 10.3. The van der Waals surface area contributed by atoms with Gasteiger partial charge in [0.15, 0.2) is 0 Å². The number of hydrogen-bond acceptors (Lipinski definition) is 3. The Morgan fingerprint density at radius 3 is 2.40 bits per heavy atom. The smallest absolute Gasteiger partial charge is 0.122 e. The number of nitrogens with zero attached hydrogens (tertiary/aromatic N) is 1. The van der Waals surface area contributed by atoms with Gasteiger partial charge in [0.2, 0.25) is 0 Å². The largest absolute Gasteiger partial charge is 0.508 e. The molecule has 3 N–H and O–H groups in total. The third-order valence-corrected chi connectivity index (χ3v) is 4.66. The molecule has 1 aromatic carbocycles. The Bertz CT molecular complexity index is 423. The lowest BCUT2D eigenvalue weighted by Gasteiger charge is -2.29. The molecule has 20 heavy (non-hydrogen) atoms. The summed E-state index contributed by atoms with van der Waals surface area (Å²) in [7, 11) is 0. The van der Waals surface area contributed by atoms with Gasteiger partial charge in [-0.25, -0.2) is 0 Å². The quantitative estimate of drug-likeness (QED) is 0.859. The molecule has 0 aliphatic heterocycles. The molecule has 1 fully saturated rings. The van der Waals surface area contributed by atoms with Crippen LogP contribution in [0.25, 0.3) is 0 Å². The van der Waals surface area contributed by atoms with Gasteiger partial charge in [-0.2, -0.15) is 0 Å². The Morgan fingerprint density at radius 1 is 1.20 bits per heavy atom. The van der Waals surface area contributed by atoms with Gasteiger partial charge in [-0.1, -0.05) is 25.3 Å². The highest BCUT2D eigenvalue weighted by molar-refractivity contribution is 5.54. The van der Waals surface area contributed by atoms with Crippen LogP contribution in [0.15, 0.2) is 18.2 Å². The molecular weight excluding hydrogens is 248 g/mol. The van der Waals surface area contributed by atoms with E-state index in [1.165, 1.54) is 32.1 Å². The number of rotatable bonds is 5. The first-order valence-electron chi connectivity index (χ1n) is 8.00. The zero-order chi connectivity index (χ0) is 14.5. The van der Waals surface area contributed by atoms with E-state index in [0.29, 0.717) is 11.7 Å². The molecular formula is C17H28N2O. The topological polar surface area (TPSA) is 49.5 Å². The molecule has 3 nitrogen and oxygen atoms in total. The Morgan fingerprint density at radius 2 is 1.85 bits per heavy atom. The van der Waals surface area contributed by atoms with Gasteiger partial charge in [-0.3, -0.25) is 0 Å². The third kappa shape index (κ3) is 3.26. The minimum absolute atomic E-state index is 0.0268. The summed E-state index contributed by atoms with van der Waals surface area (Å²) in [5.41, 5.74) is 8.37. The molecule has 2 rings (SSSR count). The number of anilines is 1. The van der Waals surface area contributed by atoms with E-state index in [0.717, 1.165) is 24.3 Å². The Kier molecular flexibility index (Phi) is 5.30. The average molecular weight is 276 g/mol. The van der Waals surface area contributed by atoms with Crippen molar-refractivity contribution < 1.29 is 5.11 Å². The van der Waals surface area contributed by atoms with E-state index in [1.54, 1.807) is 0 Å². The molecule has 1 aliphatic rings. The summed E-state index contributed by atoms with van der Waals surface area (Å²) in [6.07, 6.45) is 6.26. The molecule has 0 unspecified atom stereocenters. The van der Waals surface area contributed by atoms with Gasteiger partial charge >= 0.3 is 0 Å². The van der Waals surface area contributed by atoms with Crippen LogP contribution in [0, 0.1) is 5.92 Å². The van der Waals surface area contributed by atoms with Gasteiger partial charge in [0.05, 0.1) is 0 Å². The maximum Gasteiger partial charge on any atom is 0.122 e. The van der Waals surface area contributed by atoms with Crippen LogP contribution in [-0.2, 0) is 0 Å². The number of hydrogen-bond donors (Lipinski definition) is 2. The molecule has 0 bridgehead atoms. The standard InChI is InChI=1S/C17H28N2O/c1-3-19(4-2)14-10-11-15(16(20)12-14)17(18)13-8-6-5-7-9-13/h10-13,17,20H,3-9,18H2,1-2H3/t17-/m1/s1. The molecule has 0 radical (unpaired) electrons. The van der Waals surface area contributed by atoms with Crippen molar-refractivity contribution in [2.45, 2.75) is 52.0 Å². The summed E-state index contributed by atoms with van der Waals surface area (Å²) in [4.78, 5) is 2.23. The van der Waals surface area contributed by atoms with Crippen LogP contribution in [0.1, 0.15) is 57.6 Å². The van der Waals surface area contributed by atoms with E-state index in [2.05, 4.69) is 24.8 Å². The Balaban J connectivity index is 2.16. The molecule has 0 spiro atoms. The molecule has 0 saturated heterocycles. The highest BCUT2D eigenvalue weighted by Crippen LogP contribution is 2.37. The van der Waals surface area contributed by atoms with Gasteiger partial charge in [0, 0.05) is 36.4 Å². The third-order valence-electron chi connectivity index (χ3n) is 4.66. The molecule has 1 aliphatic carbocycles. The lowest BCUT2D eigenvalue weighted by molar-refractivity contribution is 0.303. The summed E-state index contributed by atoms with van der Waals surface area (Å²) in [6, 6.07) is 5.94. The van der Waals surface area contributed by atoms with Crippen molar-refractivity contribution in [1.29, 1.82) is 0 Å². The van der Waals surface area contributed by atoms with Gasteiger partial charge in [0.25, 0.3) is 0 Å². The summed E-state index contributed by atoms with van der Waals surface area (Å²) in [5.74, 6) is 0.876. The minimum atomic E-state index is -0.0268. The fourth-order valence-corrected chi connectivity index (χ4v) is 3.35. The molecule has 1 aromatic rings. The van der Waals surface area contributed by atoms with Crippen LogP contribution in [0.5, 0.6) is 5.75 Å². The van der Waals surface area contributed by atoms with E-state index in [4.69, 9.17) is 5.73 Å². The molecule has 1 atom stereocenters. The number of nitrogens with two attached hydrogens (primary N) is 1. The van der Waals surface area contributed by atoms with Gasteiger partial charge in [-0.15, -0.1) is 0 Å². The van der Waals surface area contributed by atoms with Crippen molar-refractivity contribution in [1.82, 2.24) is 0 Å². The number of aromatic hydroxyl groups is 1. The molecule has 112 valence electrons. The number of phenols is 1. The van der Waals surface area contributed by atoms with E-state index < -0.39 is 0 Å². The van der Waals surface area contributed by atoms with E-state index in [1.807, 2.05) is 12.1 Å². The lowest BCUT2D eigenvalue weighted by Crippen LogP contribution is -2.24. The normalized spacial score (nSPS) is 17.9. The number of phenolic OH excluding ortho intramolecular Hbond substituents is 1. The lowest BCUT2D eigenvalue weighted by atomic mass is 9.81. The van der Waals surface area contributed by atoms with Crippen LogP contribution in [0.3, 0.4) is 0 Å². The Hall–Kier alpha value is -1.22. The SMILES string of the molecule is CCN(CC)c1ccc([C@H](N)C2CCCCC2)c(O)c1.